The first-order valence-corrected chi connectivity index (χ1v) is 15.4. The molecule has 0 bridgehead atoms. The summed E-state index contributed by atoms with van der Waals surface area (Å²) in [5, 5.41) is 9.73. The molecule has 1 saturated carbocycles. The Morgan fingerprint density at radius 1 is 1.11 bits per heavy atom. The van der Waals surface area contributed by atoms with E-state index in [0.29, 0.717) is 23.8 Å². The lowest BCUT2D eigenvalue weighted by atomic mass is 9.81. The number of amides is 2. The Balaban J connectivity index is 1.65. The van der Waals surface area contributed by atoms with Crippen molar-refractivity contribution in [2.24, 2.45) is 13.0 Å². The first-order valence-electron chi connectivity index (χ1n) is 13.7. The third kappa shape index (κ3) is 7.13. The van der Waals surface area contributed by atoms with Crippen LogP contribution in [0.2, 0.25) is 0 Å². The highest BCUT2D eigenvalue weighted by atomic mass is 32.2. The molecule has 0 spiro atoms. The second-order valence-electron chi connectivity index (χ2n) is 12.5. The lowest BCUT2D eigenvalue weighted by Gasteiger charge is -2.43. The van der Waals surface area contributed by atoms with Crippen molar-refractivity contribution in [1.82, 2.24) is 25.3 Å². The predicted octanol–water partition coefficient (Wildman–Crippen LogP) is 2.80. The number of hydrogen-bond donors (Lipinski definition) is 2. The minimum Gasteiger partial charge on any atom is -0.352 e. The van der Waals surface area contributed by atoms with Crippen LogP contribution >= 0.6 is 0 Å². The Kier molecular flexibility index (Phi) is 9.15. The number of rotatable bonds is 8. The second kappa shape index (κ2) is 11.4. The zero-order chi connectivity index (χ0) is 27.7. The normalized spacial score (nSPS) is 27.4. The van der Waals surface area contributed by atoms with E-state index < -0.39 is 15.1 Å². The number of aryl methyl sites for hydroxylation is 1. The molecule has 10 heteroatoms. The Bertz CT molecular complexity index is 1070. The smallest absolute Gasteiger partial charge is 0.269 e. The van der Waals surface area contributed by atoms with Gasteiger partial charge in [0.15, 0.2) is 9.84 Å². The first kappa shape index (κ1) is 29.6. The van der Waals surface area contributed by atoms with Crippen LogP contribution in [-0.2, 0) is 27.1 Å². The maximum absolute atomic E-state index is 12.9. The molecule has 2 fully saturated rings. The predicted molar refractivity (Wildman–Crippen MR) is 146 cm³/mol. The van der Waals surface area contributed by atoms with Crippen LogP contribution in [0.4, 0.5) is 0 Å². The van der Waals surface area contributed by atoms with Gasteiger partial charge in [-0.2, -0.15) is 5.10 Å². The molecule has 3 rings (SSSR count). The molecule has 2 aliphatic rings. The molecule has 210 valence electrons. The Hall–Kier alpha value is -1.94. The standard InChI is InChI=1S/C27H47N5O4S/c1-17(2)37(35,36)16-20-13-21(32-18(3)9-10-19(32)4)11-12-22(20)29-25(33)15-28-26(34)23-14-24(27(5,6)7)30-31(23)8/h14,17-22H,9-13,15-16H2,1-8H3,(H,28,34)(H,29,33)/t18?,19?,20-,21-,22+/m1/s1. The van der Waals surface area contributed by atoms with Crippen molar-refractivity contribution in [1.29, 1.82) is 0 Å². The monoisotopic (exact) mass is 537 g/mol. The van der Waals surface area contributed by atoms with Crippen molar-refractivity contribution >= 4 is 21.7 Å². The van der Waals surface area contributed by atoms with Crippen LogP contribution in [0.25, 0.3) is 0 Å². The van der Waals surface area contributed by atoms with Crippen molar-refractivity contribution in [2.45, 2.75) is 115 Å². The molecule has 1 aliphatic carbocycles. The van der Waals surface area contributed by atoms with E-state index in [2.05, 4.69) is 34.5 Å². The first-order chi connectivity index (χ1) is 17.1. The second-order valence-corrected chi connectivity index (χ2v) is 15.1. The van der Waals surface area contributed by atoms with E-state index in [4.69, 9.17) is 0 Å². The van der Waals surface area contributed by atoms with E-state index >= 15 is 0 Å². The van der Waals surface area contributed by atoms with Crippen LogP contribution in [-0.4, -0.2) is 76.6 Å². The third-order valence-electron chi connectivity index (χ3n) is 8.20. The van der Waals surface area contributed by atoms with E-state index in [9.17, 15) is 18.0 Å². The summed E-state index contributed by atoms with van der Waals surface area (Å²) in [6, 6.07) is 2.84. The summed E-state index contributed by atoms with van der Waals surface area (Å²) in [6.07, 6.45) is 4.74. The number of nitrogens with zero attached hydrogens (tertiary/aromatic N) is 3. The van der Waals surface area contributed by atoms with Gasteiger partial charge < -0.3 is 10.6 Å². The lowest BCUT2D eigenvalue weighted by molar-refractivity contribution is -0.121. The molecule has 1 aromatic heterocycles. The number of nitrogens with one attached hydrogen (secondary N) is 2. The van der Waals surface area contributed by atoms with Gasteiger partial charge in [0.05, 0.1) is 23.2 Å². The molecular weight excluding hydrogens is 490 g/mol. The summed E-state index contributed by atoms with van der Waals surface area (Å²) < 4.78 is 27.3. The van der Waals surface area contributed by atoms with E-state index in [1.165, 1.54) is 17.5 Å². The molecular formula is C27H47N5O4S. The number of carbonyl (C=O) groups excluding carboxylic acids is 2. The average molecular weight is 538 g/mol. The van der Waals surface area contributed by atoms with Gasteiger partial charge in [0.25, 0.3) is 5.91 Å². The molecule has 0 radical (unpaired) electrons. The van der Waals surface area contributed by atoms with E-state index in [1.54, 1.807) is 27.0 Å². The molecule has 9 nitrogen and oxygen atoms in total. The molecule has 1 aliphatic heterocycles. The average Bonchev–Trinajstić information content (AvgIpc) is 3.35. The highest BCUT2D eigenvalue weighted by Gasteiger charge is 2.41. The number of aromatic nitrogens is 2. The summed E-state index contributed by atoms with van der Waals surface area (Å²) in [5.41, 5.74) is 1.01. The maximum atomic E-state index is 12.9. The highest BCUT2D eigenvalue weighted by Crippen LogP contribution is 2.36. The molecule has 1 saturated heterocycles. The molecule has 0 aromatic carbocycles. The van der Waals surface area contributed by atoms with E-state index in [0.717, 1.165) is 25.0 Å². The van der Waals surface area contributed by atoms with Gasteiger partial charge in [-0.3, -0.25) is 19.2 Å². The Morgan fingerprint density at radius 3 is 2.27 bits per heavy atom. The lowest BCUT2D eigenvalue weighted by Crippen LogP contribution is -2.54. The largest absolute Gasteiger partial charge is 0.352 e. The molecule has 2 N–H and O–H groups in total. The van der Waals surface area contributed by atoms with Crippen LogP contribution in [0.1, 0.15) is 96.8 Å². The number of carbonyl (C=O) groups is 2. The zero-order valence-corrected chi connectivity index (χ0v) is 24.7. The summed E-state index contributed by atoms with van der Waals surface area (Å²) in [7, 11) is -1.55. The van der Waals surface area contributed by atoms with Gasteiger partial charge in [0, 0.05) is 36.6 Å². The number of likely N-dealkylation sites (tertiary alicyclic amines) is 1. The third-order valence-corrected chi connectivity index (χ3v) is 10.5. The molecule has 5 atom stereocenters. The summed E-state index contributed by atoms with van der Waals surface area (Å²) >= 11 is 0. The summed E-state index contributed by atoms with van der Waals surface area (Å²) in [6.45, 7) is 13.9. The SMILES string of the molecule is CC1CCC(C)N1[C@@H]1CC[C@H](NC(=O)CNC(=O)c2cc(C(C)(C)C)nn2C)[C@@H](CS(=O)(=O)C(C)C)C1. The topological polar surface area (TPSA) is 113 Å². The van der Waals surface area contributed by atoms with Crippen molar-refractivity contribution in [3.05, 3.63) is 17.5 Å². The van der Waals surface area contributed by atoms with E-state index in [1.807, 2.05) is 20.8 Å². The van der Waals surface area contributed by atoms with Crippen LogP contribution in [0.3, 0.4) is 0 Å². The summed E-state index contributed by atoms with van der Waals surface area (Å²) in [4.78, 5) is 28.2. The van der Waals surface area contributed by atoms with Gasteiger partial charge >= 0.3 is 0 Å². The van der Waals surface area contributed by atoms with Crippen LogP contribution < -0.4 is 10.6 Å². The van der Waals surface area contributed by atoms with Crippen molar-refractivity contribution in [2.75, 3.05) is 12.3 Å². The molecule has 2 amide bonds. The van der Waals surface area contributed by atoms with Crippen molar-refractivity contribution in [3.63, 3.8) is 0 Å². The van der Waals surface area contributed by atoms with Gasteiger partial charge in [-0.15, -0.1) is 0 Å². The minimum atomic E-state index is -3.27. The number of hydrogen-bond acceptors (Lipinski definition) is 6. The van der Waals surface area contributed by atoms with Crippen LogP contribution in [0, 0.1) is 5.92 Å². The maximum Gasteiger partial charge on any atom is 0.269 e. The summed E-state index contributed by atoms with van der Waals surface area (Å²) in [5.74, 6) is -0.748. The van der Waals surface area contributed by atoms with Crippen LogP contribution in [0.15, 0.2) is 6.07 Å². The van der Waals surface area contributed by atoms with E-state index in [-0.39, 0.29) is 41.5 Å². The molecule has 2 heterocycles. The quantitative estimate of drug-likeness (QED) is 0.527. The van der Waals surface area contributed by atoms with Gasteiger partial charge in [-0.25, -0.2) is 8.42 Å². The van der Waals surface area contributed by atoms with Gasteiger partial charge in [0.1, 0.15) is 5.69 Å². The number of sulfone groups is 1. The Morgan fingerprint density at radius 2 is 1.73 bits per heavy atom. The van der Waals surface area contributed by atoms with Crippen LogP contribution in [0.5, 0.6) is 0 Å². The molecule has 37 heavy (non-hydrogen) atoms. The molecule has 1 aromatic rings. The van der Waals surface area contributed by atoms with Crippen molar-refractivity contribution < 1.29 is 18.0 Å². The fourth-order valence-electron chi connectivity index (χ4n) is 5.87. The minimum absolute atomic E-state index is 0.0691. The zero-order valence-electron chi connectivity index (χ0n) is 23.9. The van der Waals surface area contributed by atoms with Gasteiger partial charge in [-0.1, -0.05) is 20.8 Å². The van der Waals surface area contributed by atoms with Crippen molar-refractivity contribution in [3.8, 4) is 0 Å². The molecule has 2 unspecified atom stereocenters. The van der Waals surface area contributed by atoms with Gasteiger partial charge in [0.2, 0.25) is 5.91 Å². The Labute approximate surface area is 223 Å². The van der Waals surface area contributed by atoms with Gasteiger partial charge in [-0.05, 0) is 71.8 Å². The fourth-order valence-corrected chi connectivity index (χ4v) is 7.22. The fraction of sp³-hybridized carbons (Fsp3) is 0.815. The highest BCUT2D eigenvalue weighted by molar-refractivity contribution is 7.91.